The van der Waals surface area contributed by atoms with E-state index in [0.717, 1.165) is 64.1 Å². The number of fused-ring (bicyclic) bond motifs is 3. The van der Waals surface area contributed by atoms with Crippen molar-refractivity contribution in [1.82, 2.24) is 10.3 Å². The van der Waals surface area contributed by atoms with Crippen molar-refractivity contribution in [2.75, 3.05) is 13.4 Å². The van der Waals surface area contributed by atoms with Gasteiger partial charge in [0.1, 0.15) is 0 Å². The average molecular weight is 473 g/mol. The Bertz CT molecular complexity index is 1330. The third-order valence-electron chi connectivity index (χ3n) is 6.57. The molecule has 1 aromatic heterocycles. The quantitative estimate of drug-likeness (QED) is 0.492. The predicted molar refractivity (Wildman–Crippen MR) is 133 cm³/mol. The van der Waals surface area contributed by atoms with Crippen LogP contribution in [0.1, 0.15) is 60.3 Å². The summed E-state index contributed by atoms with van der Waals surface area (Å²) in [7, 11) is 0. The van der Waals surface area contributed by atoms with Gasteiger partial charge in [-0.1, -0.05) is 38.1 Å². The second-order valence-electron chi connectivity index (χ2n) is 8.77. The Morgan fingerprint density at radius 2 is 1.89 bits per heavy atom. The van der Waals surface area contributed by atoms with Crippen LogP contribution in [-0.4, -0.2) is 36.3 Å². The Balaban J connectivity index is 1.46. The van der Waals surface area contributed by atoms with E-state index < -0.39 is 5.97 Å². The van der Waals surface area contributed by atoms with Gasteiger partial charge in [-0.05, 0) is 66.7 Å². The molecule has 3 aromatic rings. The molecule has 5 rings (SSSR count). The highest BCUT2D eigenvalue weighted by Crippen LogP contribution is 2.39. The van der Waals surface area contributed by atoms with Crippen molar-refractivity contribution in [1.29, 1.82) is 0 Å². The number of ether oxygens (including phenoxy) is 3. The molecule has 1 aliphatic carbocycles. The number of benzene rings is 2. The fourth-order valence-corrected chi connectivity index (χ4v) is 4.68. The monoisotopic (exact) mass is 472 g/mol. The second kappa shape index (κ2) is 9.78. The molecule has 0 saturated heterocycles. The van der Waals surface area contributed by atoms with E-state index in [4.69, 9.17) is 19.2 Å². The highest BCUT2D eigenvalue weighted by atomic mass is 16.7. The fraction of sp³-hybridized carbons (Fsp3) is 0.321. The topological polar surface area (TPSA) is 86.8 Å². The van der Waals surface area contributed by atoms with Gasteiger partial charge in [-0.2, -0.15) is 0 Å². The van der Waals surface area contributed by atoms with Crippen molar-refractivity contribution in [2.45, 2.75) is 45.6 Å². The number of pyridine rings is 1. The standard InChI is InChI=1S/C28H28N2O5/c1-3-19(4-2)29-25(31)15-33-28(32)26-20-7-5-6-8-22(20)30-27-18(10-11-21(26)27)13-17-9-12-23-24(14-17)35-16-34-23/h5-9,12-14,19H,3-4,10-11,15-16H2,1-2H3,(H,29,31). The summed E-state index contributed by atoms with van der Waals surface area (Å²) in [4.78, 5) is 30.5. The minimum absolute atomic E-state index is 0.0797. The lowest BCUT2D eigenvalue weighted by Gasteiger charge is -2.15. The lowest BCUT2D eigenvalue weighted by molar-refractivity contribution is -0.125. The zero-order chi connectivity index (χ0) is 24.4. The van der Waals surface area contributed by atoms with Gasteiger partial charge in [-0.3, -0.25) is 4.79 Å². The molecule has 0 radical (unpaired) electrons. The summed E-state index contributed by atoms with van der Waals surface area (Å²) >= 11 is 0. The van der Waals surface area contributed by atoms with Gasteiger partial charge in [0.25, 0.3) is 5.91 Å². The maximum Gasteiger partial charge on any atom is 0.339 e. The molecule has 1 N–H and O–H groups in total. The third kappa shape index (κ3) is 4.58. The summed E-state index contributed by atoms with van der Waals surface area (Å²) in [6.45, 7) is 3.95. The summed E-state index contributed by atoms with van der Waals surface area (Å²) in [5.41, 5.74) is 4.91. The molecule has 2 heterocycles. The molecule has 0 fully saturated rings. The zero-order valence-electron chi connectivity index (χ0n) is 19.9. The van der Waals surface area contributed by atoms with Crippen LogP contribution in [0.15, 0.2) is 42.5 Å². The SMILES string of the molecule is CCC(CC)NC(=O)COC(=O)c1c2c(nc3ccccc13)C(=Cc1ccc3c(c1)OCO3)CC2. The first kappa shape index (κ1) is 22.9. The van der Waals surface area contributed by atoms with Crippen LogP contribution in [0, 0.1) is 0 Å². The van der Waals surface area contributed by atoms with Crippen molar-refractivity contribution in [2.24, 2.45) is 0 Å². The van der Waals surface area contributed by atoms with Gasteiger partial charge in [0.2, 0.25) is 6.79 Å². The van der Waals surface area contributed by atoms with Gasteiger partial charge < -0.3 is 19.5 Å². The summed E-state index contributed by atoms with van der Waals surface area (Å²) in [5, 5.41) is 3.65. The van der Waals surface area contributed by atoms with Crippen LogP contribution in [0.3, 0.4) is 0 Å². The van der Waals surface area contributed by atoms with E-state index >= 15 is 0 Å². The van der Waals surface area contributed by atoms with Crippen LogP contribution in [0.25, 0.3) is 22.6 Å². The molecular formula is C28H28N2O5. The molecule has 2 aliphatic rings. The van der Waals surface area contributed by atoms with Crippen LogP contribution < -0.4 is 14.8 Å². The Kier molecular flexibility index (Phi) is 6.40. The van der Waals surface area contributed by atoms with Gasteiger partial charge in [0, 0.05) is 11.4 Å². The molecule has 0 saturated carbocycles. The molecule has 0 spiro atoms. The van der Waals surface area contributed by atoms with Crippen molar-refractivity contribution >= 4 is 34.4 Å². The molecule has 0 atom stereocenters. The van der Waals surface area contributed by atoms with Crippen LogP contribution in [0.4, 0.5) is 0 Å². The van der Waals surface area contributed by atoms with Gasteiger partial charge in [0.15, 0.2) is 18.1 Å². The van der Waals surface area contributed by atoms with Crippen molar-refractivity contribution in [3.05, 3.63) is 64.8 Å². The number of esters is 1. The first-order chi connectivity index (χ1) is 17.1. The van der Waals surface area contributed by atoms with Crippen LogP contribution in [0.2, 0.25) is 0 Å². The number of amides is 1. The number of aromatic nitrogens is 1. The lowest BCUT2D eigenvalue weighted by Crippen LogP contribution is -2.37. The first-order valence-electron chi connectivity index (χ1n) is 12.1. The molecule has 0 bridgehead atoms. The van der Waals surface area contributed by atoms with E-state index in [1.165, 1.54) is 0 Å². The van der Waals surface area contributed by atoms with E-state index in [9.17, 15) is 9.59 Å². The number of allylic oxidation sites excluding steroid dienone is 1. The maximum absolute atomic E-state index is 13.3. The molecule has 180 valence electrons. The predicted octanol–water partition coefficient (Wildman–Crippen LogP) is 4.91. The number of carbonyl (C=O) groups excluding carboxylic acids is 2. The smallest absolute Gasteiger partial charge is 0.339 e. The third-order valence-corrected chi connectivity index (χ3v) is 6.57. The number of carbonyl (C=O) groups is 2. The Labute approximate surface area is 204 Å². The minimum Gasteiger partial charge on any atom is -0.454 e. The number of para-hydroxylation sites is 1. The maximum atomic E-state index is 13.3. The number of nitrogens with one attached hydrogen (secondary N) is 1. The number of hydrogen-bond acceptors (Lipinski definition) is 6. The van der Waals surface area contributed by atoms with E-state index in [1.54, 1.807) is 0 Å². The van der Waals surface area contributed by atoms with Crippen LogP contribution in [0.5, 0.6) is 11.5 Å². The molecule has 7 nitrogen and oxygen atoms in total. The summed E-state index contributed by atoms with van der Waals surface area (Å²) in [6.07, 6.45) is 5.17. The molecule has 35 heavy (non-hydrogen) atoms. The van der Waals surface area contributed by atoms with E-state index in [2.05, 4.69) is 11.4 Å². The van der Waals surface area contributed by atoms with Gasteiger partial charge in [-0.25, -0.2) is 9.78 Å². The van der Waals surface area contributed by atoms with E-state index in [0.29, 0.717) is 12.0 Å². The molecule has 0 unspecified atom stereocenters. The van der Waals surface area contributed by atoms with E-state index in [-0.39, 0.29) is 25.3 Å². The highest BCUT2D eigenvalue weighted by Gasteiger charge is 2.28. The van der Waals surface area contributed by atoms with E-state index in [1.807, 2.05) is 56.3 Å². The average Bonchev–Trinajstić information content (AvgIpc) is 3.51. The molecular weight excluding hydrogens is 444 g/mol. The van der Waals surface area contributed by atoms with Crippen molar-refractivity contribution in [3.63, 3.8) is 0 Å². The summed E-state index contributed by atoms with van der Waals surface area (Å²) in [6, 6.07) is 13.5. The largest absolute Gasteiger partial charge is 0.454 e. The fourth-order valence-electron chi connectivity index (χ4n) is 4.68. The minimum atomic E-state index is -0.496. The molecule has 1 aliphatic heterocycles. The van der Waals surface area contributed by atoms with Crippen LogP contribution >= 0.6 is 0 Å². The number of nitrogens with zero attached hydrogens (tertiary/aromatic N) is 1. The normalized spacial score (nSPS) is 15.0. The van der Waals surface area contributed by atoms with Gasteiger partial charge >= 0.3 is 5.97 Å². The summed E-state index contributed by atoms with van der Waals surface area (Å²) < 4.78 is 16.4. The zero-order valence-corrected chi connectivity index (χ0v) is 19.9. The van der Waals surface area contributed by atoms with Gasteiger partial charge in [0.05, 0.1) is 16.8 Å². The van der Waals surface area contributed by atoms with Crippen molar-refractivity contribution < 1.29 is 23.8 Å². The van der Waals surface area contributed by atoms with Crippen LogP contribution in [-0.2, 0) is 16.0 Å². The second-order valence-corrected chi connectivity index (χ2v) is 8.77. The van der Waals surface area contributed by atoms with Crippen molar-refractivity contribution in [3.8, 4) is 11.5 Å². The first-order valence-corrected chi connectivity index (χ1v) is 12.1. The summed E-state index contributed by atoms with van der Waals surface area (Å²) in [5.74, 6) is 0.677. The lowest BCUT2D eigenvalue weighted by atomic mass is 10.0. The Hall–Kier alpha value is -3.87. The highest BCUT2D eigenvalue weighted by molar-refractivity contribution is 6.07. The molecule has 2 aromatic carbocycles. The molecule has 1 amide bonds. The molecule has 7 heteroatoms. The Morgan fingerprint density at radius 1 is 1.09 bits per heavy atom. The Morgan fingerprint density at radius 3 is 2.71 bits per heavy atom. The number of rotatable bonds is 7. The van der Waals surface area contributed by atoms with Gasteiger partial charge in [-0.15, -0.1) is 0 Å². The number of hydrogen-bond donors (Lipinski definition) is 1.